The number of nitro benzene ring substituents is 1. The number of nitrogens with zero attached hydrogens (tertiary/aromatic N) is 1. The van der Waals surface area contributed by atoms with E-state index in [1.54, 1.807) is 26.0 Å². The van der Waals surface area contributed by atoms with Gasteiger partial charge in [0.05, 0.1) is 29.1 Å². The van der Waals surface area contributed by atoms with Crippen molar-refractivity contribution in [3.63, 3.8) is 0 Å². The van der Waals surface area contributed by atoms with Gasteiger partial charge < -0.3 is 15.0 Å². The zero-order valence-electron chi connectivity index (χ0n) is 17.0. The van der Waals surface area contributed by atoms with Crippen molar-refractivity contribution in [2.24, 2.45) is 0 Å². The molecule has 1 amide bonds. The van der Waals surface area contributed by atoms with Crippen LogP contribution in [-0.2, 0) is 9.53 Å². The predicted octanol–water partition coefficient (Wildman–Crippen LogP) is 4.20. The highest BCUT2D eigenvalue weighted by Crippen LogP contribution is 2.28. The van der Waals surface area contributed by atoms with Gasteiger partial charge in [0.2, 0.25) is 0 Å². The molecule has 8 nitrogen and oxygen atoms in total. The van der Waals surface area contributed by atoms with E-state index < -0.39 is 22.8 Å². The third-order valence-electron chi connectivity index (χ3n) is 4.57. The summed E-state index contributed by atoms with van der Waals surface area (Å²) in [6.07, 6.45) is -0.565. The molecule has 0 radical (unpaired) electrons. The van der Waals surface area contributed by atoms with Gasteiger partial charge >= 0.3 is 5.97 Å². The van der Waals surface area contributed by atoms with Crippen LogP contribution in [0.25, 0.3) is 10.9 Å². The highest BCUT2D eigenvalue weighted by Gasteiger charge is 2.27. The summed E-state index contributed by atoms with van der Waals surface area (Å²) in [6, 6.07) is 12.6. The first-order chi connectivity index (χ1) is 14.2. The van der Waals surface area contributed by atoms with Crippen molar-refractivity contribution in [1.82, 2.24) is 10.3 Å². The quantitative estimate of drug-likeness (QED) is 0.345. The Morgan fingerprint density at radius 1 is 1.17 bits per heavy atom. The number of esters is 1. The molecule has 1 heterocycles. The molecule has 3 rings (SSSR count). The highest BCUT2D eigenvalue weighted by atomic mass is 16.6. The molecular formula is C22H23N3O5. The summed E-state index contributed by atoms with van der Waals surface area (Å²) >= 11 is 0. The van der Waals surface area contributed by atoms with E-state index in [4.69, 9.17) is 4.74 Å². The lowest BCUT2D eigenvalue weighted by molar-refractivity contribution is -0.385. The fourth-order valence-electron chi connectivity index (χ4n) is 3.26. The molecule has 2 N–H and O–H groups in total. The zero-order valence-corrected chi connectivity index (χ0v) is 17.0. The lowest BCUT2D eigenvalue weighted by Gasteiger charge is -2.19. The van der Waals surface area contributed by atoms with Crippen molar-refractivity contribution in [1.29, 1.82) is 0 Å². The van der Waals surface area contributed by atoms with E-state index in [0.29, 0.717) is 5.69 Å². The molecule has 0 spiro atoms. The molecule has 30 heavy (non-hydrogen) atoms. The number of nitro groups is 1. The van der Waals surface area contributed by atoms with Crippen molar-refractivity contribution in [2.75, 3.05) is 0 Å². The molecule has 2 aromatic carbocycles. The highest BCUT2D eigenvalue weighted by molar-refractivity contribution is 5.98. The summed E-state index contributed by atoms with van der Waals surface area (Å²) in [5.41, 5.74) is 2.22. The van der Waals surface area contributed by atoms with Gasteiger partial charge in [-0.15, -0.1) is 0 Å². The summed E-state index contributed by atoms with van der Waals surface area (Å²) in [4.78, 5) is 39.2. The number of fused-ring (bicyclic) bond motifs is 1. The summed E-state index contributed by atoms with van der Waals surface area (Å²) < 4.78 is 5.18. The van der Waals surface area contributed by atoms with Crippen LogP contribution in [0.15, 0.2) is 48.5 Å². The van der Waals surface area contributed by atoms with Crippen molar-refractivity contribution in [3.8, 4) is 0 Å². The van der Waals surface area contributed by atoms with Crippen LogP contribution >= 0.6 is 0 Å². The Balaban J connectivity index is 1.92. The van der Waals surface area contributed by atoms with Crippen molar-refractivity contribution >= 4 is 28.5 Å². The van der Waals surface area contributed by atoms with E-state index in [-0.39, 0.29) is 23.8 Å². The van der Waals surface area contributed by atoms with E-state index in [2.05, 4.69) is 10.3 Å². The minimum Gasteiger partial charge on any atom is -0.463 e. The standard InChI is InChI=1S/C22H23N3O5/c1-13(2)30-21(26)12-18(16-6-4-5-7-20(16)25(28)29)24-22(27)19-11-15-9-8-14(3)10-17(15)23-19/h4-11,13,18,23H,12H2,1-3H3,(H,24,27). The Kier molecular flexibility index (Phi) is 6.15. The normalized spacial score (nSPS) is 12.0. The van der Waals surface area contributed by atoms with E-state index in [9.17, 15) is 19.7 Å². The second-order valence-electron chi connectivity index (χ2n) is 7.36. The first-order valence-corrected chi connectivity index (χ1v) is 9.57. The van der Waals surface area contributed by atoms with Crippen LogP contribution in [0, 0.1) is 17.0 Å². The molecule has 0 aliphatic heterocycles. The van der Waals surface area contributed by atoms with E-state index >= 15 is 0 Å². The number of carbonyl (C=O) groups is 2. The first kappa shape index (κ1) is 21.0. The summed E-state index contributed by atoms with van der Waals surface area (Å²) in [7, 11) is 0. The molecule has 0 aliphatic rings. The number of aryl methyl sites for hydroxylation is 1. The smallest absolute Gasteiger partial charge is 0.308 e. The topological polar surface area (TPSA) is 114 Å². The van der Waals surface area contributed by atoms with Crippen LogP contribution in [0.4, 0.5) is 5.69 Å². The number of amides is 1. The molecule has 0 fully saturated rings. The molecule has 0 bridgehead atoms. The van der Waals surface area contributed by atoms with Gasteiger partial charge in [-0.05, 0) is 38.5 Å². The molecule has 0 saturated heterocycles. The maximum absolute atomic E-state index is 12.9. The number of hydrogen-bond donors (Lipinski definition) is 2. The van der Waals surface area contributed by atoms with Gasteiger partial charge in [-0.3, -0.25) is 19.7 Å². The Morgan fingerprint density at radius 2 is 1.90 bits per heavy atom. The number of rotatable bonds is 7. The van der Waals surface area contributed by atoms with Crippen LogP contribution in [0.3, 0.4) is 0 Å². The number of hydrogen-bond acceptors (Lipinski definition) is 5. The molecule has 0 saturated carbocycles. The molecule has 8 heteroatoms. The SMILES string of the molecule is Cc1ccc2cc(C(=O)NC(CC(=O)OC(C)C)c3ccccc3[N+](=O)[O-])[nH]c2c1. The Hall–Kier alpha value is -3.68. The number of ether oxygens (including phenoxy) is 1. The Bertz CT molecular complexity index is 1100. The van der Waals surface area contributed by atoms with Crippen molar-refractivity contribution in [2.45, 2.75) is 39.3 Å². The number of para-hydroxylation sites is 1. The van der Waals surface area contributed by atoms with E-state index in [1.165, 1.54) is 18.2 Å². The lowest BCUT2D eigenvalue weighted by Crippen LogP contribution is -2.31. The average Bonchev–Trinajstić information content (AvgIpc) is 3.10. The molecule has 3 aromatic rings. The minimum atomic E-state index is -0.918. The summed E-state index contributed by atoms with van der Waals surface area (Å²) in [6.45, 7) is 5.37. The lowest BCUT2D eigenvalue weighted by atomic mass is 10.0. The number of carbonyl (C=O) groups excluding carboxylic acids is 2. The van der Waals surface area contributed by atoms with E-state index in [0.717, 1.165) is 16.5 Å². The second kappa shape index (κ2) is 8.77. The first-order valence-electron chi connectivity index (χ1n) is 9.57. The van der Waals surface area contributed by atoms with Crippen LogP contribution in [0.2, 0.25) is 0 Å². The number of aromatic amines is 1. The van der Waals surface area contributed by atoms with Gasteiger partial charge in [0, 0.05) is 17.0 Å². The molecule has 1 unspecified atom stereocenters. The third kappa shape index (κ3) is 4.83. The van der Waals surface area contributed by atoms with E-state index in [1.807, 2.05) is 25.1 Å². The number of aromatic nitrogens is 1. The number of H-pyrrole nitrogens is 1. The summed E-state index contributed by atoms with van der Waals surface area (Å²) in [5, 5.41) is 15.1. The second-order valence-corrected chi connectivity index (χ2v) is 7.36. The van der Waals surface area contributed by atoms with Crippen molar-refractivity contribution < 1.29 is 19.2 Å². The monoisotopic (exact) mass is 409 g/mol. The largest absolute Gasteiger partial charge is 0.463 e. The van der Waals surface area contributed by atoms with Gasteiger partial charge in [-0.1, -0.05) is 30.3 Å². The fourth-order valence-corrected chi connectivity index (χ4v) is 3.26. The van der Waals surface area contributed by atoms with Gasteiger partial charge in [-0.25, -0.2) is 0 Å². The maximum atomic E-state index is 12.9. The molecule has 156 valence electrons. The fraction of sp³-hybridized carbons (Fsp3) is 0.273. The van der Waals surface area contributed by atoms with Crippen molar-refractivity contribution in [3.05, 3.63) is 75.5 Å². The average molecular weight is 409 g/mol. The van der Waals surface area contributed by atoms with Crippen LogP contribution in [0.5, 0.6) is 0 Å². The Labute approximate surface area is 173 Å². The molecule has 1 atom stereocenters. The van der Waals surface area contributed by atoms with Gasteiger partial charge in [0.15, 0.2) is 0 Å². The summed E-state index contributed by atoms with van der Waals surface area (Å²) in [5.74, 6) is -1.02. The van der Waals surface area contributed by atoms with Gasteiger partial charge in [0.1, 0.15) is 5.69 Å². The number of nitrogens with one attached hydrogen (secondary N) is 2. The van der Waals surface area contributed by atoms with Crippen LogP contribution in [0.1, 0.15) is 47.9 Å². The molecule has 0 aliphatic carbocycles. The Morgan fingerprint density at radius 3 is 2.60 bits per heavy atom. The van der Waals surface area contributed by atoms with Gasteiger partial charge in [0.25, 0.3) is 11.6 Å². The maximum Gasteiger partial charge on any atom is 0.308 e. The third-order valence-corrected chi connectivity index (χ3v) is 4.57. The van der Waals surface area contributed by atoms with Gasteiger partial charge in [-0.2, -0.15) is 0 Å². The van der Waals surface area contributed by atoms with Crippen LogP contribution < -0.4 is 5.32 Å². The molecular weight excluding hydrogens is 386 g/mol. The number of benzene rings is 2. The predicted molar refractivity (Wildman–Crippen MR) is 112 cm³/mol. The molecule has 1 aromatic heterocycles. The zero-order chi connectivity index (χ0) is 21.8. The van der Waals surface area contributed by atoms with Crippen LogP contribution in [-0.4, -0.2) is 27.9 Å². The minimum absolute atomic E-state index is 0.174.